The summed E-state index contributed by atoms with van der Waals surface area (Å²) >= 11 is 0. The molecule has 0 amide bonds. The molecule has 0 saturated carbocycles. The Labute approximate surface area is 95.0 Å². The van der Waals surface area contributed by atoms with Gasteiger partial charge in [-0.15, -0.1) is 0 Å². The Morgan fingerprint density at radius 3 is 2.81 bits per heavy atom. The van der Waals surface area contributed by atoms with Crippen molar-refractivity contribution in [2.75, 3.05) is 26.2 Å². The van der Waals surface area contributed by atoms with Crippen molar-refractivity contribution in [3.8, 4) is 0 Å². The van der Waals surface area contributed by atoms with E-state index in [1.165, 1.54) is 0 Å². The van der Waals surface area contributed by atoms with E-state index in [9.17, 15) is 9.90 Å². The van der Waals surface area contributed by atoms with Crippen LogP contribution in [0.25, 0.3) is 0 Å². The van der Waals surface area contributed by atoms with Gasteiger partial charge in [0.2, 0.25) is 0 Å². The number of β-amino-alcohol motifs (C(OH)–C–C–N with tert-alkyl or cyclic N) is 1. The first-order valence-electron chi connectivity index (χ1n) is 5.42. The van der Waals surface area contributed by atoms with Crippen LogP contribution in [-0.4, -0.2) is 58.0 Å². The summed E-state index contributed by atoms with van der Waals surface area (Å²) in [6.07, 6.45) is 3.05. The van der Waals surface area contributed by atoms with Crippen LogP contribution in [0, 0.1) is 0 Å². The minimum absolute atomic E-state index is 0.245. The topological polar surface area (TPSA) is 81.0 Å². The summed E-state index contributed by atoms with van der Waals surface area (Å²) in [4.78, 5) is 12.5. The quantitative estimate of drug-likeness (QED) is 0.583. The molecule has 5 heteroatoms. The third-order valence-corrected chi connectivity index (χ3v) is 2.92. The third kappa shape index (κ3) is 3.59. The van der Waals surface area contributed by atoms with Gasteiger partial charge in [0.1, 0.15) is 5.60 Å². The Morgan fingerprint density at radius 1 is 1.56 bits per heavy atom. The predicted octanol–water partition coefficient (Wildman–Crippen LogP) is -0.164. The van der Waals surface area contributed by atoms with Gasteiger partial charge in [-0.05, 0) is 26.3 Å². The van der Waals surface area contributed by atoms with Gasteiger partial charge in [0.05, 0.1) is 6.61 Å². The monoisotopic (exact) mass is 229 g/mol. The molecular weight excluding hydrogens is 210 g/mol. The summed E-state index contributed by atoms with van der Waals surface area (Å²) in [5.74, 6) is -0.922. The van der Waals surface area contributed by atoms with Crippen molar-refractivity contribution in [2.24, 2.45) is 0 Å². The molecule has 1 rings (SSSR count). The van der Waals surface area contributed by atoms with E-state index in [0.717, 1.165) is 13.0 Å². The number of rotatable bonds is 4. The molecule has 0 aromatic rings. The lowest BCUT2D eigenvalue weighted by atomic mass is 9.94. The van der Waals surface area contributed by atoms with Gasteiger partial charge in [0, 0.05) is 18.7 Å². The lowest BCUT2D eigenvalue weighted by Crippen LogP contribution is -2.50. The summed E-state index contributed by atoms with van der Waals surface area (Å²) in [7, 11) is 0. The van der Waals surface area contributed by atoms with Gasteiger partial charge in [0.15, 0.2) is 0 Å². The van der Waals surface area contributed by atoms with Crippen LogP contribution < -0.4 is 0 Å². The first-order valence-corrected chi connectivity index (χ1v) is 5.42. The summed E-state index contributed by atoms with van der Waals surface area (Å²) < 4.78 is 0. The molecule has 0 radical (unpaired) electrons. The molecule has 5 nitrogen and oxygen atoms in total. The van der Waals surface area contributed by atoms with Gasteiger partial charge in [-0.3, -0.25) is 4.90 Å². The van der Waals surface area contributed by atoms with Crippen molar-refractivity contribution in [2.45, 2.75) is 25.4 Å². The van der Waals surface area contributed by atoms with E-state index in [1.54, 1.807) is 13.0 Å². The number of aliphatic hydroxyl groups excluding tert-OH is 1. The third-order valence-electron chi connectivity index (χ3n) is 2.92. The molecule has 1 saturated heterocycles. The van der Waals surface area contributed by atoms with Gasteiger partial charge in [-0.25, -0.2) is 4.79 Å². The number of hydrogen-bond acceptors (Lipinski definition) is 4. The number of likely N-dealkylation sites (tertiary alicyclic amines) is 1. The fourth-order valence-electron chi connectivity index (χ4n) is 1.84. The van der Waals surface area contributed by atoms with Crippen LogP contribution in [0.5, 0.6) is 0 Å². The highest BCUT2D eigenvalue weighted by Gasteiger charge is 2.31. The normalized spacial score (nSPS) is 28.1. The molecule has 0 aromatic heterocycles. The molecule has 0 aromatic carbocycles. The van der Waals surface area contributed by atoms with Gasteiger partial charge in [-0.1, -0.05) is 6.08 Å². The number of hydrogen-bond donors (Lipinski definition) is 3. The molecule has 0 aliphatic carbocycles. The van der Waals surface area contributed by atoms with E-state index >= 15 is 0 Å². The number of nitrogens with zero attached hydrogens (tertiary/aromatic N) is 1. The summed E-state index contributed by atoms with van der Waals surface area (Å²) in [5, 5.41) is 27.6. The molecule has 0 bridgehead atoms. The highest BCUT2D eigenvalue weighted by Crippen LogP contribution is 2.20. The molecule has 92 valence electrons. The predicted molar refractivity (Wildman–Crippen MR) is 59.1 cm³/mol. The molecule has 1 atom stereocenters. The molecule has 16 heavy (non-hydrogen) atoms. The van der Waals surface area contributed by atoms with E-state index < -0.39 is 11.6 Å². The molecule has 1 aliphatic heterocycles. The van der Waals surface area contributed by atoms with Crippen molar-refractivity contribution in [1.29, 1.82) is 0 Å². The van der Waals surface area contributed by atoms with Crippen LogP contribution in [0.15, 0.2) is 11.6 Å². The Balaban J connectivity index is 2.50. The number of carboxylic acids is 1. The highest BCUT2D eigenvalue weighted by molar-refractivity contribution is 5.85. The van der Waals surface area contributed by atoms with E-state index in [4.69, 9.17) is 10.2 Å². The first-order chi connectivity index (χ1) is 7.47. The van der Waals surface area contributed by atoms with Crippen molar-refractivity contribution in [3.05, 3.63) is 11.6 Å². The molecule has 1 aliphatic rings. The van der Waals surface area contributed by atoms with Gasteiger partial charge >= 0.3 is 5.97 Å². The zero-order valence-electron chi connectivity index (χ0n) is 9.52. The second kappa shape index (κ2) is 5.43. The van der Waals surface area contributed by atoms with Crippen LogP contribution in [0.4, 0.5) is 0 Å². The standard InChI is InChI=1S/C11H19NO4/c1-9(10(14)15)3-6-12-5-2-4-11(16,7-12)8-13/h3,13,16H,2,4-8H2,1H3,(H,14,15). The van der Waals surface area contributed by atoms with Crippen LogP contribution in [0.2, 0.25) is 0 Å². The highest BCUT2D eigenvalue weighted by atomic mass is 16.4. The second-order valence-electron chi connectivity index (χ2n) is 4.41. The number of carboxylic acid groups (broad SMARTS) is 1. The Morgan fingerprint density at radius 2 is 2.25 bits per heavy atom. The summed E-state index contributed by atoms with van der Waals surface area (Å²) in [6.45, 7) is 3.02. The van der Waals surface area contributed by atoms with E-state index in [-0.39, 0.29) is 6.61 Å². The lowest BCUT2D eigenvalue weighted by Gasteiger charge is -2.37. The fourth-order valence-corrected chi connectivity index (χ4v) is 1.84. The Hall–Kier alpha value is -0.910. The van der Waals surface area contributed by atoms with Crippen molar-refractivity contribution < 1.29 is 20.1 Å². The molecule has 3 N–H and O–H groups in total. The summed E-state index contributed by atoms with van der Waals surface area (Å²) in [6, 6.07) is 0. The maximum Gasteiger partial charge on any atom is 0.330 e. The molecular formula is C11H19NO4. The van der Waals surface area contributed by atoms with E-state index in [0.29, 0.717) is 25.1 Å². The average molecular weight is 229 g/mol. The Kier molecular flexibility index (Phi) is 4.46. The van der Waals surface area contributed by atoms with Crippen LogP contribution in [0.1, 0.15) is 19.8 Å². The fraction of sp³-hybridized carbons (Fsp3) is 0.727. The van der Waals surface area contributed by atoms with Crippen molar-refractivity contribution in [1.82, 2.24) is 4.90 Å². The SMILES string of the molecule is CC(=CCN1CCCC(O)(CO)C1)C(=O)O. The first kappa shape index (κ1) is 13.2. The van der Waals surface area contributed by atoms with Crippen LogP contribution >= 0.6 is 0 Å². The zero-order valence-corrected chi connectivity index (χ0v) is 9.52. The molecule has 0 spiro atoms. The minimum atomic E-state index is -1.02. The Bertz CT molecular complexity index is 290. The lowest BCUT2D eigenvalue weighted by molar-refractivity contribution is -0.132. The number of piperidine rings is 1. The zero-order chi connectivity index (χ0) is 12.2. The van der Waals surface area contributed by atoms with Gasteiger partial charge < -0.3 is 15.3 Å². The maximum atomic E-state index is 10.6. The smallest absolute Gasteiger partial charge is 0.330 e. The van der Waals surface area contributed by atoms with Crippen LogP contribution in [0.3, 0.4) is 0 Å². The van der Waals surface area contributed by atoms with Gasteiger partial charge in [-0.2, -0.15) is 0 Å². The largest absolute Gasteiger partial charge is 0.478 e. The average Bonchev–Trinajstić information content (AvgIpc) is 2.26. The minimum Gasteiger partial charge on any atom is -0.478 e. The van der Waals surface area contributed by atoms with Crippen molar-refractivity contribution >= 4 is 5.97 Å². The van der Waals surface area contributed by atoms with Crippen molar-refractivity contribution in [3.63, 3.8) is 0 Å². The number of aliphatic carboxylic acids is 1. The molecule has 1 fully saturated rings. The number of carbonyl (C=O) groups is 1. The van der Waals surface area contributed by atoms with Gasteiger partial charge in [0.25, 0.3) is 0 Å². The second-order valence-corrected chi connectivity index (χ2v) is 4.41. The number of aliphatic hydroxyl groups is 2. The maximum absolute atomic E-state index is 10.6. The summed E-state index contributed by atoms with van der Waals surface area (Å²) in [5.41, 5.74) is -0.721. The van der Waals surface area contributed by atoms with E-state index in [2.05, 4.69) is 0 Å². The van der Waals surface area contributed by atoms with Crippen LogP contribution in [-0.2, 0) is 4.79 Å². The molecule has 1 heterocycles. The van der Waals surface area contributed by atoms with E-state index in [1.807, 2.05) is 4.90 Å². The molecule has 1 unspecified atom stereocenters.